The van der Waals surface area contributed by atoms with Crippen molar-refractivity contribution in [3.63, 3.8) is 0 Å². The largest absolute Gasteiger partial charge is 0.455 e. The topological polar surface area (TPSA) is 56.7 Å². The predicted octanol–water partition coefficient (Wildman–Crippen LogP) is 13.2. The maximum atomic E-state index is 6.49. The lowest BCUT2D eigenvalue weighted by Crippen LogP contribution is -2.00. The van der Waals surface area contributed by atoms with Gasteiger partial charge in [0.15, 0.2) is 17.5 Å². The first-order valence-electron chi connectivity index (χ1n) is 18.8. The molecule has 0 amide bonds. The number of hydrogen-bond donors (Lipinski definition) is 0. The highest BCUT2D eigenvalue weighted by atomic mass is 16.3. The van der Waals surface area contributed by atoms with E-state index in [1.807, 2.05) is 72.8 Å². The molecule has 11 aromatic rings. The van der Waals surface area contributed by atoms with Crippen LogP contribution in [0.25, 0.3) is 106 Å². The zero-order chi connectivity index (χ0) is 37.0. The van der Waals surface area contributed by atoms with Crippen LogP contribution in [0.1, 0.15) is 0 Å². The number of aromatic nitrogens is 4. The number of furan rings is 1. The van der Waals surface area contributed by atoms with E-state index >= 15 is 0 Å². The van der Waals surface area contributed by atoms with E-state index in [4.69, 9.17) is 19.4 Å². The fourth-order valence-corrected chi connectivity index (χ4v) is 7.95. The third kappa shape index (κ3) is 5.37. The van der Waals surface area contributed by atoms with Crippen LogP contribution in [0, 0.1) is 0 Å². The van der Waals surface area contributed by atoms with Gasteiger partial charge in [-0.05, 0) is 65.2 Å². The standard InChI is InChI=1S/C51H32N4O/c1-4-13-33(14-5-1)37-26-30-45-44(31-37)41-29-25-38(40-20-12-21-43-42-19-10-11-22-47(42)56-48(40)43)32-46(41)55(45)39-27-23-36(24-28-39)51-53-49(34-15-6-2-7-16-34)52-50(54-51)35-17-8-3-9-18-35/h1-32H. The second-order valence-electron chi connectivity index (χ2n) is 14.0. The van der Waals surface area contributed by atoms with Crippen LogP contribution in [0.15, 0.2) is 199 Å². The van der Waals surface area contributed by atoms with Crippen molar-refractivity contribution in [2.75, 3.05) is 0 Å². The van der Waals surface area contributed by atoms with Crippen LogP contribution in [0.2, 0.25) is 0 Å². The van der Waals surface area contributed by atoms with Crippen molar-refractivity contribution in [2.24, 2.45) is 0 Å². The lowest BCUT2D eigenvalue weighted by atomic mass is 10.00. The monoisotopic (exact) mass is 716 g/mol. The Labute approximate surface area is 322 Å². The summed E-state index contributed by atoms with van der Waals surface area (Å²) >= 11 is 0. The fraction of sp³-hybridized carbons (Fsp3) is 0. The molecule has 0 N–H and O–H groups in total. The molecule has 0 bridgehead atoms. The Kier molecular flexibility index (Phi) is 7.42. The highest BCUT2D eigenvalue weighted by Gasteiger charge is 2.18. The van der Waals surface area contributed by atoms with E-state index < -0.39 is 0 Å². The molecule has 0 atom stereocenters. The number of nitrogens with zero attached hydrogens (tertiary/aromatic N) is 4. The van der Waals surface area contributed by atoms with Crippen LogP contribution in [0.5, 0.6) is 0 Å². The average molecular weight is 717 g/mol. The molecule has 0 spiro atoms. The van der Waals surface area contributed by atoms with Crippen LogP contribution in [-0.2, 0) is 0 Å². The summed E-state index contributed by atoms with van der Waals surface area (Å²) in [7, 11) is 0. The molecule has 56 heavy (non-hydrogen) atoms. The zero-order valence-corrected chi connectivity index (χ0v) is 30.2. The molecular weight excluding hydrogens is 685 g/mol. The first-order chi connectivity index (χ1) is 27.7. The molecule has 5 nitrogen and oxygen atoms in total. The van der Waals surface area contributed by atoms with Crippen molar-refractivity contribution in [3.05, 3.63) is 194 Å². The smallest absolute Gasteiger partial charge is 0.164 e. The normalized spacial score (nSPS) is 11.6. The van der Waals surface area contributed by atoms with E-state index in [9.17, 15) is 0 Å². The van der Waals surface area contributed by atoms with Crippen molar-refractivity contribution in [1.82, 2.24) is 19.5 Å². The SMILES string of the molecule is c1ccc(-c2ccc3c(c2)c2ccc(-c4cccc5c4oc4ccccc45)cc2n3-c2ccc(-c3nc(-c4ccccc4)nc(-c4ccccc4)n3)cc2)cc1. The van der Waals surface area contributed by atoms with Gasteiger partial charge < -0.3 is 8.98 Å². The molecule has 0 saturated heterocycles. The summed E-state index contributed by atoms with van der Waals surface area (Å²) in [5, 5.41) is 4.61. The van der Waals surface area contributed by atoms with Crippen molar-refractivity contribution >= 4 is 43.7 Å². The van der Waals surface area contributed by atoms with Crippen LogP contribution in [-0.4, -0.2) is 19.5 Å². The molecule has 0 aliphatic rings. The minimum Gasteiger partial charge on any atom is -0.455 e. The van der Waals surface area contributed by atoms with E-state index in [1.165, 1.54) is 21.9 Å². The summed E-state index contributed by atoms with van der Waals surface area (Å²) in [6.45, 7) is 0. The molecule has 8 aromatic carbocycles. The summed E-state index contributed by atoms with van der Waals surface area (Å²) in [4.78, 5) is 14.8. The second-order valence-corrected chi connectivity index (χ2v) is 14.0. The number of fused-ring (bicyclic) bond motifs is 6. The van der Waals surface area contributed by atoms with Crippen molar-refractivity contribution in [1.29, 1.82) is 0 Å². The van der Waals surface area contributed by atoms with Gasteiger partial charge in [-0.3, -0.25) is 0 Å². The maximum Gasteiger partial charge on any atom is 0.164 e. The van der Waals surface area contributed by atoms with Gasteiger partial charge in [0.05, 0.1) is 11.0 Å². The van der Waals surface area contributed by atoms with Gasteiger partial charge in [-0.1, -0.05) is 146 Å². The molecular formula is C51H32N4O. The van der Waals surface area contributed by atoms with Crippen LogP contribution < -0.4 is 0 Å². The van der Waals surface area contributed by atoms with Gasteiger partial charge in [0.1, 0.15) is 11.2 Å². The minimum atomic E-state index is 0.625. The van der Waals surface area contributed by atoms with Gasteiger partial charge in [0.2, 0.25) is 0 Å². The number of hydrogen-bond acceptors (Lipinski definition) is 4. The number of para-hydroxylation sites is 2. The van der Waals surface area contributed by atoms with Gasteiger partial charge in [0.25, 0.3) is 0 Å². The first kappa shape index (κ1) is 31.9. The fourth-order valence-electron chi connectivity index (χ4n) is 7.95. The lowest BCUT2D eigenvalue weighted by Gasteiger charge is -2.11. The molecule has 11 rings (SSSR count). The molecule has 262 valence electrons. The Hall–Kier alpha value is -7.63. The molecule has 0 fully saturated rings. The van der Waals surface area contributed by atoms with Gasteiger partial charge in [-0.25, -0.2) is 15.0 Å². The summed E-state index contributed by atoms with van der Waals surface area (Å²) in [6, 6.07) is 67.5. The number of rotatable bonds is 6. The summed E-state index contributed by atoms with van der Waals surface area (Å²) in [5.74, 6) is 1.91. The van der Waals surface area contributed by atoms with E-state index in [-0.39, 0.29) is 0 Å². The summed E-state index contributed by atoms with van der Waals surface area (Å²) in [5.41, 5.74) is 12.4. The molecule has 3 heterocycles. The Bertz CT molecular complexity index is 3160. The third-order valence-electron chi connectivity index (χ3n) is 10.7. The van der Waals surface area contributed by atoms with Crippen LogP contribution >= 0.6 is 0 Å². The highest BCUT2D eigenvalue weighted by Crippen LogP contribution is 2.40. The Morgan fingerprint density at radius 3 is 1.57 bits per heavy atom. The van der Waals surface area contributed by atoms with E-state index in [0.29, 0.717) is 17.5 Å². The van der Waals surface area contributed by atoms with Crippen molar-refractivity contribution in [2.45, 2.75) is 0 Å². The van der Waals surface area contributed by atoms with Gasteiger partial charge in [0, 0.05) is 49.5 Å². The quantitative estimate of drug-likeness (QED) is 0.172. The van der Waals surface area contributed by atoms with Crippen LogP contribution in [0.4, 0.5) is 0 Å². The first-order valence-corrected chi connectivity index (χ1v) is 18.8. The van der Waals surface area contributed by atoms with Crippen molar-refractivity contribution < 1.29 is 4.42 Å². The lowest BCUT2D eigenvalue weighted by molar-refractivity contribution is 0.670. The zero-order valence-electron chi connectivity index (χ0n) is 30.2. The highest BCUT2D eigenvalue weighted by molar-refractivity contribution is 6.13. The molecule has 3 aromatic heterocycles. The second kappa shape index (κ2) is 13.0. The predicted molar refractivity (Wildman–Crippen MR) is 229 cm³/mol. The van der Waals surface area contributed by atoms with Crippen LogP contribution in [0.3, 0.4) is 0 Å². The summed E-state index contributed by atoms with van der Waals surface area (Å²) in [6.07, 6.45) is 0. The molecule has 5 heteroatoms. The maximum absolute atomic E-state index is 6.49. The summed E-state index contributed by atoms with van der Waals surface area (Å²) < 4.78 is 8.86. The Balaban J connectivity index is 1.09. The van der Waals surface area contributed by atoms with Gasteiger partial charge >= 0.3 is 0 Å². The molecule has 0 unspecified atom stereocenters. The molecule has 0 aliphatic carbocycles. The molecule has 0 radical (unpaired) electrons. The number of benzene rings is 8. The molecule has 0 saturated carbocycles. The Morgan fingerprint density at radius 2 is 0.893 bits per heavy atom. The molecule has 0 aliphatic heterocycles. The van der Waals surface area contributed by atoms with Crippen molar-refractivity contribution in [3.8, 4) is 62.1 Å². The van der Waals surface area contributed by atoms with E-state index in [1.54, 1.807) is 0 Å². The van der Waals surface area contributed by atoms with E-state index in [0.717, 1.165) is 66.5 Å². The van der Waals surface area contributed by atoms with E-state index in [2.05, 4.69) is 126 Å². The Morgan fingerprint density at radius 1 is 0.339 bits per heavy atom. The third-order valence-corrected chi connectivity index (χ3v) is 10.7. The van der Waals surface area contributed by atoms with Gasteiger partial charge in [-0.2, -0.15) is 0 Å². The van der Waals surface area contributed by atoms with Gasteiger partial charge in [-0.15, -0.1) is 0 Å². The average Bonchev–Trinajstić information content (AvgIpc) is 3.82. The minimum absolute atomic E-state index is 0.625.